The normalized spacial score (nSPS) is 12.0. The summed E-state index contributed by atoms with van der Waals surface area (Å²) in [6, 6.07) is 8.21. The van der Waals surface area contributed by atoms with Gasteiger partial charge in [0.05, 0.1) is 11.1 Å². The summed E-state index contributed by atoms with van der Waals surface area (Å²) in [6.07, 6.45) is 6.30. The molecule has 0 bridgehead atoms. The van der Waals surface area contributed by atoms with Crippen LogP contribution in [0.25, 0.3) is 0 Å². The van der Waals surface area contributed by atoms with Gasteiger partial charge in [-0.1, -0.05) is 90.9 Å². The molecule has 45 heavy (non-hydrogen) atoms. The maximum Gasteiger partial charge on any atom is 0.425 e. The number of hydrogen-bond acceptors (Lipinski definition) is 6. The van der Waals surface area contributed by atoms with Crippen molar-refractivity contribution >= 4 is 17.9 Å². The van der Waals surface area contributed by atoms with Crippen LogP contribution in [0.2, 0.25) is 0 Å². The fraction of sp³-hybridized carbons (Fsp3) is 0.571. The van der Waals surface area contributed by atoms with Crippen LogP contribution in [-0.4, -0.2) is 30.2 Å². The highest BCUT2D eigenvalue weighted by Gasteiger charge is 2.42. The third-order valence-electron chi connectivity index (χ3n) is 7.36. The zero-order valence-electron chi connectivity index (χ0n) is 26.4. The van der Waals surface area contributed by atoms with E-state index in [4.69, 9.17) is 9.47 Å². The molecule has 0 aliphatic rings. The third-order valence-corrected chi connectivity index (χ3v) is 7.36. The molecule has 0 fully saturated rings. The molecule has 0 heterocycles. The minimum absolute atomic E-state index is 0.0449. The Balaban J connectivity index is 1.84. The first-order valence-corrected chi connectivity index (χ1v) is 16.1. The summed E-state index contributed by atoms with van der Waals surface area (Å²) in [5.41, 5.74) is -0.397. The molecule has 0 spiro atoms. The second-order valence-corrected chi connectivity index (χ2v) is 11.3. The minimum Gasteiger partial charge on any atom is -0.449 e. The summed E-state index contributed by atoms with van der Waals surface area (Å²) in [6.45, 7) is 4.22. The lowest BCUT2D eigenvalue weighted by Gasteiger charge is -2.20. The second kappa shape index (κ2) is 20.6. The van der Waals surface area contributed by atoms with Crippen molar-refractivity contribution in [1.29, 1.82) is 0 Å². The molecule has 2 aromatic carbocycles. The number of alkyl halides is 3. The van der Waals surface area contributed by atoms with Gasteiger partial charge in [-0.25, -0.2) is 14.0 Å². The number of ether oxygens (including phenoxy) is 3. The molecule has 2 aromatic rings. The Bertz CT molecular complexity index is 1180. The van der Waals surface area contributed by atoms with Crippen LogP contribution in [0.3, 0.4) is 0 Å². The van der Waals surface area contributed by atoms with Crippen LogP contribution in [0.1, 0.15) is 137 Å². The fourth-order valence-corrected chi connectivity index (χ4v) is 4.71. The minimum atomic E-state index is -4.76. The highest BCUT2D eigenvalue weighted by atomic mass is 19.4. The van der Waals surface area contributed by atoms with Crippen LogP contribution >= 0.6 is 0 Å². The van der Waals surface area contributed by atoms with Crippen LogP contribution in [0.15, 0.2) is 42.5 Å². The molecule has 0 amide bonds. The Labute approximate surface area is 263 Å². The van der Waals surface area contributed by atoms with Gasteiger partial charge in [0.15, 0.2) is 17.7 Å². The highest BCUT2D eigenvalue weighted by Crippen LogP contribution is 2.29. The topological polar surface area (TPSA) is 78.9 Å². The zero-order valence-corrected chi connectivity index (χ0v) is 26.4. The molecule has 0 aliphatic carbocycles. The molecule has 1 atom stereocenters. The van der Waals surface area contributed by atoms with Gasteiger partial charge in [0.25, 0.3) is 0 Å². The second-order valence-electron chi connectivity index (χ2n) is 11.3. The smallest absolute Gasteiger partial charge is 0.425 e. The van der Waals surface area contributed by atoms with Crippen molar-refractivity contribution < 1.29 is 46.2 Å². The Morgan fingerprint density at radius 2 is 1.20 bits per heavy atom. The zero-order chi connectivity index (χ0) is 33.1. The molecular formula is C35H46F4O6. The molecule has 250 valence electrons. The summed E-state index contributed by atoms with van der Waals surface area (Å²) in [4.78, 5) is 37.0. The van der Waals surface area contributed by atoms with E-state index >= 15 is 0 Å². The monoisotopic (exact) mass is 638 g/mol. The summed E-state index contributed by atoms with van der Waals surface area (Å²) in [5, 5.41) is 0. The van der Waals surface area contributed by atoms with Crippen molar-refractivity contribution in [2.45, 2.75) is 129 Å². The largest absolute Gasteiger partial charge is 0.449 e. The van der Waals surface area contributed by atoms with E-state index in [1.165, 1.54) is 49.9 Å². The van der Waals surface area contributed by atoms with Crippen LogP contribution in [-0.2, 0) is 9.53 Å². The Kier molecular flexibility index (Phi) is 17.3. The van der Waals surface area contributed by atoms with Crippen LogP contribution in [0.4, 0.5) is 17.6 Å². The van der Waals surface area contributed by atoms with Gasteiger partial charge in [-0.05, 0) is 61.7 Å². The number of carbonyl (C=O) groups excluding carboxylic acids is 3. The molecule has 0 aromatic heterocycles. The number of halogens is 4. The quantitative estimate of drug-likeness (QED) is 0.0586. The van der Waals surface area contributed by atoms with Gasteiger partial charge in [0.2, 0.25) is 0 Å². The Hall–Kier alpha value is -3.43. The number of benzene rings is 2. The molecule has 10 heteroatoms. The van der Waals surface area contributed by atoms with E-state index in [0.29, 0.717) is 12.5 Å². The Morgan fingerprint density at radius 1 is 0.667 bits per heavy atom. The molecule has 6 nitrogen and oxygen atoms in total. The average Bonchev–Trinajstić information content (AvgIpc) is 3.00. The van der Waals surface area contributed by atoms with Crippen molar-refractivity contribution in [1.82, 2.24) is 0 Å². The fourth-order valence-electron chi connectivity index (χ4n) is 4.71. The van der Waals surface area contributed by atoms with Gasteiger partial charge in [-0.15, -0.1) is 0 Å². The van der Waals surface area contributed by atoms with E-state index in [2.05, 4.69) is 11.7 Å². The molecule has 0 saturated carbocycles. The predicted octanol–water partition coefficient (Wildman–Crippen LogP) is 10.3. The lowest BCUT2D eigenvalue weighted by Crippen LogP contribution is -2.34. The Morgan fingerprint density at radius 3 is 1.76 bits per heavy atom. The summed E-state index contributed by atoms with van der Waals surface area (Å²) >= 11 is 0. The first-order chi connectivity index (χ1) is 21.5. The standard InChI is InChI=1S/C35H46F4O6/c1-3-5-7-9-11-12-14-16-18-32(40)43-28-22-19-26(20-23-28)33(41)44-30-24-21-27(25-29(30)36)34(42)45-31(35(37,38)39)17-15-13-10-8-6-4-2/h19-25,31H,3-18H2,1-2H3. The van der Waals surface area contributed by atoms with E-state index in [0.717, 1.165) is 63.5 Å². The van der Waals surface area contributed by atoms with Gasteiger partial charge < -0.3 is 14.2 Å². The van der Waals surface area contributed by atoms with Crippen molar-refractivity contribution in [3.8, 4) is 11.5 Å². The SMILES string of the molecule is CCCCCCCCCCC(=O)Oc1ccc(C(=O)Oc2ccc(C(=O)OC(CCCCCCCC)C(F)(F)F)cc2F)cc1. The van der Waals surface area contributed by atoms with E-state index in [1.54, 1.807) is 0 Å². The summed E-state index contributed by atoms with van der Waals surface area (Å²) in [7, 11) is 0. The lowest BCUT2D eigenvalue weighted by atomic mass is 10.1. The lowest BCUT2D eigenvalue weighted by molar-refractivity contribution is -0.206. The van der Waals surface area contributed by atoms with Crippen molar-refractivity contribution in [3.63, 3.8) is 0 Å². The number of rotatable bonds is 21. The van der Waals surface area contributed by atoms with Gasteiger partial charge in [0, 0.05) is 6.42 Å². The maximum absolute atomic E-state index is 14.7. The first kappa shape index (κ1) is 37.8. The van der Waals surface area contributed by atoms with Gasteiger partial charge in [0.1, 0.15) is 5.75 Å². The summed E-state index contributed by atoms with van der Waals surface area (Å²) < 4.78 is 70.1. The molecule has 0 radical (unpaired) electrons. The number of unbranched alkanes of at least 4 members (excludes halogenated alkanes) is 12. The molecule has 0 saturated heterocycles. The van der Waals surface area contributed by atoms with Crippen LogP contribution in [0, 0.1) is 5.82 Å². The molecule has 0 aliphatic heterocycles. The highest BCUT2D eigenvalue weighted by molar-refractivity contribution is 5.92. The van der Waals surface area contributed by atoms with E-state index in [1.807, 2.05) is 6.92 Å². The molecule has 2 rings (SSSR count). The third kappa shape index (κ3) is 14.9. The number of hydrogen-bond donors (Lipinski definition) is 0. The van der Waals surface area contributed by atoms with Gasteiger partial charge >= 0.3 is 24.1 Å². The predicted molar refractivity (Wildman–Crippen MR) is 164 cm³/mol. The number of carbonyl (C=O) groups is 3. The van der Waals surface area contributed by atoms with E-state index in [-0.39, 0.29) is 36.5 Å². The summed E-state index contributed by atoms with van der Waals surface area (Å²) in [5.74, 6) is -4.01. The van der Waals surface area contributed by atoms with Crippen molar-refractivity contribution in [2.24, 2.45) is 0 Å². The first-order valence-electron chi connectivity index (χ1n) is 16.1. The van der Waals surface area contributed by atoms with E-state index < -0.39 is 41.3 Å². The molecular weight excluding hydrogens is 592 g/mol. The molecule has 1 unspecified atom stereocenters. The average molecular weight is 639 g/mol. The van der Waals surface area contributed by atoms with Gasteiger partial charge in [-0.2, -0.15) is 13.2 Å². The maximum atomic E-state index is 14.7. The van der Waals surface area contributed by atoms with Crippen LogP contribution < -0.4 is 9.47 Å². The molecule has 0 N–H and O–H groups in total. The van der Waals surface area contributed by atoms with Gasteiger partial charge in [-0.3, -0.25) is 4.79 Å². The van der Waals surface area contributed by atoms with Crippen molar-refractivity contribution in [2.75, 3.05) is 0 Å². The van der Waals surface area contributed by atoms with E-state index in [9.17, 15) is 31.9 Å². The number of esters is 3. The van der Waals surface area contributed by atoms with Crippen molar-refractivity contribution in [3.05, 3.63) is 59.4 Å². The van der Waals surface area contributed by atoms with Crippen LogP contribution in [0.5, 0.6) is 11.5 Å².